The Kier molecular flexibility index (Phi) is 6.08. The van der Waals surface area contributed by atoms with Gasteiger partial charge >= 0.3 is 5.97 Å². The molecule has 2 aromatic rings. The van der Waals surface area contributed by atoms with E-state index in [2.05, 4.69) is 22.3 Å². The fraction of sp³-hybridized carbons (Fsp3) is 0.167. The van der Waals surface area contributed by atoms with Gasteiger partial charge in [0.05, 0.1) is 25.8 Å². The van der Waals surface area contributed by atoms with Crippen LogP contribution in [0.5, 0.6) is 5.75 Å². The minimum absolute atomic E-state index is 0.0214. The van der Waals surface area contributed by atoms with E-state index in [-0.39, 0.29) is 13.0 Å². The highest BCUT2D eigenvalue weighted by Crippen LogP contribution is 2.25. The zero-order chi connectivity index (χ0) is 17.4. The molecule has 2 N–H and O–H groups in total. The lowest BCUT2D eigenvalue weighted by molar-refractivity contribution is -0.137. The number of nitrogens with zero attached hydrogens (tertiary/aromatic N) is 2. The second-order valence-electron chi connectivity index (χ2n) is 4.98. The van der Waals surface area contributed by atoms with Gasteiger partial charge in [-0.25, -0.2) is 0 Å². The number of hydrogen-bond donors (Lipinski definition) is 2. The molecule has 0 atom stereocenters. The molecule has 0 spiro atoms. The predicted octanol–water partition coefficient (Wildman–Crippen LogP) is 4.01. The van der Waals surface area contributed by atoms with E-state index in [0.29, 0.717) is 5.75 Å². The maximum atomic E-state index is 10.5. The SMILES string of the molecule is C=C(c1ccc(NN=NC)cc1)c1ccc(OCCC(=O)O)cc1. The van der Waals surface area contributed by atoms with Gasteiger partial charge < -0.3 is 9.84 Å². The van der Waals surface area contributed by atoms with Gasteiger partial charge in [0.25, 0.3) is 0 Å². The van der Waals surface area contributed by atoms with Gasteiger partial charge in [-0.2, -0.15) is 5.11 Å². The third-order valence-corrected chi connectivity index (χ3v) is 3.30. The van der Waals surface area contributed by atoms with Crippen LogP contribution in [-0.4, -0.2) is 24.7 Å². The Morgan fingerprint density at radius 2 is 1.71 bits per heavy atom. The summed E-state index contributed by atoms with van der Waals surface area (Å²) >= 11 is 0. The van der Waals surface area contributed by atoms with Gasteiger partial charge in [-0.3, -0.25) is 10.2 Å². The summed E-state index contributed by atoms with van der Waals surface area (Å²) in [6, 6.07) is 15.1. The number of carboxylic acid groups (broad SMARTS) is 1. The molecule has 0 fully saturated rings. The number of carboxylic acids is 1. The van der Waals surface area contributed by atoms with Crippen molar-refractivity contribution < 1.29 is 14.6 Å². The molecule has 0 aromatic heterocycles. The molecule has 0 saturated heterocycles. The monoisotopic (exact) mass is 325 g/mol. The number of ether oxygens (including phenoxy) is 1. The lowest BCUT2D eigenvalue weighted by Gasteiger charge is -2.09. The average Bonchev–Trinajstić information content (AvgIpc) is 2.60. The van der Waals surface area contributed by atoms with Crippen LogP contribution in [0.3, 0.4) is 0 Å². The first-order valence-corrected chi connectivity index (χ1v) is 7.39. The molecule has 24 heavy (non-hydrogen) atoms. The van der Waals surface area contributed by atoms with Crippen LogP contribution in [0.15, 0.2) is 65.4 Å². The average molecular weight is 325 g/mol. The fourth-order valence-corrected chi connectivity index (χ4v) is 2.03. The van der Waals surface area contributed by atoms with E-state index in [4.69, 9.17) is 9.84 Å². The third kappa shape index (κ3) is 4.95. The van der Waals surface area contributed by atoms with Crippen LogP contribution in [0.25, 0.3) is 5.57 Å². The number of carbonyl (C=O) groups is 1. The van der Waals surface area contributed by atoms with Crippen molar-refractivity contribution in [2.24, 2.45) is 10.3 Å². The first-order chi connectivity index (χ1) is 11.6. The molecular formula is C18H19N3O3. The van der Waals surface area contributed by atoms with Crippen LogP contribution >= 0.6 is 0 Å². The topological polar surface area (TPSA) is 83.3 Å². The first-order valence-electron chi connectivity index (χ1n) is 7.39. The van der Waals surface area contributed by atoms with Crippen molar-refractivity contribution >= 4 is 17.2 Å². The molecule has 2 aromatic carbocycles. The summed E-state index contributed by atoms with van der Waals surface area (Å²) in [5, 5.41) is 15.9. The summed E-state index contributed by atoms with van der Waals surface area (Å²) in [5.74, 6) is -0.240. The summed E-state index contributed by atoms with van der Waals surface area (Å²) in [6.07, 6.45) is -0.0214. The van der Waals surface area contributed by atoms with Gasteiger partial charge in [0.2, 0.25) is 0 Å². The lowest BCUT2D eigenvalue weighted by atomic mass is 9.99. The second-order valence-corrected chi connectivity index (χ2v) is 4.98. The first kappa shape index (κ1) is 17.2. The van der Waals surface area contributed by atoms with Crippen LogP contribution in [-0.2, 0) is 4.79 Å². The number of aliphatic carboxylic acids is 1. The van der Waals surface area contributed by atoms with Crippen LogP contribution in [0.4, 0.5) is 5.69 Å². The predicted molar refractivity (Wildman–Crippen MR) is 93.2 cm³/mol. The van der Waals surface area contributed by atoms with E-state index in [1.165, 1.54) is 0 Å². The van der Waals surface area contributed by atoms with E-state index >= 15 is 0 Å². The van der Waals surface area contributed by atoms with Gasteiger partial charge in [0.1, 0.15) is 5.75 Å². The number of nitrogens with one attached hydrogen (secondary N) is 1. The summed E-state index contributed by atoms with van der Waals surface area (Å²) < 4.78 is 5.37. The van der Waals surface area contributed by atoms with Gasteiger partial charge in [-0.05, 0) is 41.0 Å². The molecule has 0 aliphatic rings. The minimum Gasteiger partial charge on any atom is -0.493 e. The molecule has 0 heterocycles. The largest absolute Gasteiger partial charge is 0.493 e. The van der Waals surface area contributed by atoms with E-state index < -0.39 is 5.97 Å². The highest BCUT2D eigenvalue weighted by molar-refractivity contribution is 5.78. The van der Waals surface area contributed by atoms with Crippen molar-refractivity contribution in [3.05, 3.63) is 66.2 Å². The lowest BCUT2D eigenvalue weighted by Crippen LogP contribution is -2.04. The standard InChI is InChI=1S/C18H19N3O3/c1-13(14-3-7-16(8-4-14)20-21-19-2)15-5-9-17(10-6-15)24-12-11-18(22)23/h3-10H,1,11-12H2,2H3,(H,19,20)(H,22,23). The molecule has 0 amide bonds. The van der Waals surface area contributed by atoms with Gasteiger partial charge in [-0.15, -0.1) is 0 Å². The molecule has 6 heteroatoms. The quantitative estimate of drug-likeness (QED) is 0.567. The van der Waals surface area contributed by atoms with Crippen LogP contribution < -0.4 is 10.2 Å². The summed E-state index contributed by atoms with van der Waals surface area (Å²) in [5.41, 5.74) is 6.50. The number of anilines is 1. The zero-order valence-electron chi connectivity index (χ0n) is 13.4. The Hall–Kier alpha value is -3.15. The number of benzene rings is 2. The van der Waals surface area contributed by atoms with Crippen molar-refractivity contribution in [2.75, 3.05) is 19.1 Å². The fourth-order valence-electron chi connectivity index (χ4n) is 2.03. The summed E-state index contributed by atoms with van der Waals surface area (Å²) in [7, 11) is 1.60. The number of rotatable bonds is 8. The smallest absolute Gasteiger partial charge is 0.306 e. The van der Waals surface area contributed by atoms with Crippen LogP contribution in [0.2, 0.25) is 0 Å². The zero-order valence-corrected chi connectivity index (χ0v) is 13.4. The molecule has 124 valence electrons. The molecular weight excluding hydrogens is 306 g/mol. The molecule has 0 aliphatic carbocycles. The Balaban J connectivity index is 2.00. The van der Waals surface area contributed by atoms with Gasteiger partial charge in [0.15, 0.2) is 0 Å². The highest BCUT2D eigenvalue weighted by Gasteiger charge is 2.04. The maximum Gasteiger partial charge on any atom is 0.306 e. The Morgan fingerprint density at radius 1 is 1.12 bits per heavy atom. The summed E-state index contributed by atoms with van der Waals surface area (Å²) in [4.78, 5) is 10.5. The van der Waals surface area contributed by atoms with Crippen molar-refractivity contribution in [2.45, 2.75) is 6.42 Å². The van der Waals surface area contributed by atoms with Crippen molar-refractivity contribution in [1.29, 1.82) is 0 Å². The van der Waals surface area contributed by atoms with Crippen LogP contribution in [0, 0.1) is 0 Å². The number of hydrogen-bond acceptors (Lipinski definition) is 4. The van der Waals surface area contributed by atoms with Crippen molar-refractivity contribution in [1.82, 2.24) is 0 Å². The van der Waals surface area contributed by atoms with E-state index in [9.17, 15) is 4.79 Å². The highest BCUT2D eigenvalue weighted by atomic mass is 16.5. The van der Waals surface area contributed by atoms with Crippen LogP contribution in [0.1, 0.15) is 17.5 Å². The normalized spacial score (nSPS) is 10.5. The van der Waals surface area contributed by atoms with E-state index in [0.717, 1.165) is 22.4 Å². The molecule has 0 unspecified atom stereocenters. The molecule has 2 rings (SSSR count). The van der Waals surface area contributed by atoms with E-state index in [1.807, 2.05) is 36.4 Å². The molecule has 0 bridgehead atoms. The second kappa shape index (κ2) is 8.47. The van der Waals surface area contributed by atoms with Crippen molar-refractivity contribution in [3.63, 3.8) is 0 Å². The summed E-state index contributed by atoms with van der Waals surface area (Å²) in [6.45, 7) is 4.27. The molecule has 0 aliphatic heterocycles. The van der Waals surface area contributed by atoms with Crippen molar-refractivity contribution in [3.8, 4) is 5.75 Å². The molecule has 6 nitrogen and oxygen atoms in total. The molecule has 0 radical (unpaired) electrons. The molecule has 0 saturated carbocycles. The van der Waals surface area contributed by atoms with E-state index in [1.54, 1.807) is 19.2 Å². The Labute approximate surface area is 140 Å². The van der Waals surface area contributed by atoms with Gasteiger partial charge in [0, 0.05) is 0 Å². The third-order valence-electron chi connectivity index (χ3n) is 3.30. The maximum absolute atomic E-state index is 10.5. The Bertz CT molecular complexity index is 722. The van der Waals surface area contributed by atoms with Gasteiger partial charge in [-0.1, -0.05) is 36.1 Å². The Morgan fingerprint density at radius 3 is 2.25 bits per heavy atom. The minimum atomic E-state index is -0.877.